The highest BCUT2D eigenvalue weighted by Gasteiger charge is 2.30. The minimum atomic E-state index is -0.849. The maximum absolute atomic E-state index is 11.5. The summed E-state index contributed by atoms with van der Waals surface area (Å²) in [6, 6.07) is 9.39. The van der Waals surface area contributed by atoms with E-state index >= 15 is 0 Å². The summed E-state index contributed by atoms with van der Waals surface area (Å²) in [4.78, 5) is 20.5. The van der Waals surface area contributed by atoms with E-state index in [0.29, 0.717) is 25.5 Å². The SMILES string of the molecule is O=C(O)[C@H](CCOC1CC(CCc2ccc3c(n2)NCCC3)C1)NCc1ccccn1. The summed E-state index contributed by atoms with van der Waals surface area (Å²) >= 11 is 0. The second-order valence-electron chi connectivity index (χ2n) is 8.59. The summed E-state index contributed by atoms with van der Waals surface area (Å²) in [7, 11) is 0. The van der Waals surface area contributed by atoms with Gasteiger partial charge in [0.05, 0.1) is 11.8 Å². The van der Waals surface area contributed by atoms with E-state index in [4.69, 9.17) is 9.72 Å². The maximum atomic E-state index is 11.5. The van der Waals surface area contributed by atoms with Crippen LogP contribution in [0.15, 0.2) is 36.5 Å². The Morgan fingerprint density at radius 1 is 1.26 bits per heavy atom. The number of nitrogens with zero attached hydrogens (tertiary/aromatic N) is 2. The van der Waals surface area contributed by atoms with Crippen molar-refractivity contribution in [3.05, 3.63) is 53.5 Å². The number of anilines is 1. The largest absolute Gasteiger partial charge is 0.480 e. The van der Waals surface area contributed by atoms with Gasteiger partial charge in [0.1, 0.15) is 11.9 Å². The van der Waals surface area contributed by atoms with Crippen LogP contribution in [0.25, 0.3) is 0 Å². The topological polar surface area (TPSA) is 96.4 Å². The standard InChI is InChI=1S/C24H32N4O3/c29-24(30)22(27-16-20-5-1-2-11-25-20)10-13-31-21-14-17(15-21)6-8-19-9-7-18-4-3-12-26-23(18)28-19/h1-2,5,7,9,11,17,21-22,27H,3-4,6,8,10,12-16H2,(H,26,28)(H,29,30)/t17?,21?,22-/m0/s1. The predicted molar refractivity (Wildman–Crippen MR) is 119 cm³/mol. The van der Waals surface area contributed by atoms with Crippen LogP contribution in [0.3, 0.4) is 0 Å². The van der Waals surface area contributed by atoms with E-state index < -0.39 is 12.0 Å². The van der Waals surface area contributed by atoms with Crippen molar-refractivity contribution in [2.24, 2.45) is 5.92 Å². The molecule has 31 heavy (non-hydrogen) atoms. The van der Waals surface area contributed by atoms with Crippen molar-refractivity contribution in [1.82, 2.24) is 15.3 Å². The summed E-state index contributed by atoms with van der Waals surface area (Å²) in [6.45, 7) is 1.92. The van der Waals surface area contributed by atoms with Crippen LogP contribution in [0.2, 0.25) is 0 Å². The lowest BCUT2D eigenvalue weighted by atomic mass is 9.79. The number of carboxylic acid groups (broad SMARTS) is 1. The first-order valence-corrected chi connectivity index (χ1v) is 11.4. The van der Waals surface area contributed by atoms with E-state index in [0.717, 1.165) is 50.2 Å². The second-order valence-corrected chi connectivity index (χ2v) is 8.59. The first-order valence-electron chi connectivity index (χ1n) is 11.4. The zero-order valence-corrected chi connectivity index (χ0v) is 17.9. The molecular weight excluding hydrogens is 392 g/mol. The smallest absolute Gasteiger partial charge is 0.320 e. The molecular formula is C24H32N4O3. The van der Waals surface area contributed by atoms with Crippen molar-refractivity contribution in [3.63, 3.8) is 0 Å². The molecule has 3 N–H and O–H groups in total. The molecule has 0 bridgehead atoms. The number of aromatic nitrogens is 2. The molecule has 0 spiro atoms. The van der Waals surface area contributed by atoms with Gasteiger partial charge >= 0.3 is 5.97 Å². The molecule has 0 aromatic carbocycles. The quantitative estimate of drug-likeness (QED) is 0.510. The Labute approximate surface area is 183 Å². The molecule has 2 aliphatic rings. The molecule has 1 aliphatic carbocycles. The summed E-state index contributed by atoms with van der Waals surface area (Å²) in [6.07, 6.45) is 8.98. The van der Waals surface area contributed by atoms with Gasteiger partial charge in [-0.2, -0.15) is 0 Å². The molecule has 4 rings (SSSR count). The molecule has 1 aliphatic heterocycles. The second kappa shape index (κ2) is 10.7. The molecule has 7 heteroatoms. The number of pyridine rings is 2. The van der Waals surface area contributed by atoms with Gasteiger partial charge in [-0.25, -0.2) is 4.98 Å². The van der Waals surface area contributed by atoms with Crippen molar-refractivity contribution in [1.29, 1.82) is 0 Å². The number of nitrogens with one attached hydrogen (secondary N) is 2. The van der Waals surface area contributed by atoms with E-state index in [1.165, 1.54) is 17.7 Å². The Balaban J connectivity index is 1.11. The third-order valence-corrected chi connectivity index (χ3v) is 6.27. The third kappa shape index (κ3) is 6.24. The van der Waals surface area contributed by atoms with Crippen LogP contribution in [-0.2, 0) is 28.9 Å². The van der Waals surface area contributed by atoms with Crippen molar-refractivity contribution in [2.45, 2.75) is 63.6 Å². The number of ether oxygens (including phenoxy) is 1. The minimum absolute atomic E-state index is 0.258. The van der Waals surface area contributed by atoms with Crippen LogP contribution < -0.4 is 10.6 Å². The molecule has 0 unspecified atom stereocenters. The highest BCUT2D eigenvalue weighted by molar-refractivity contribution is 5.73. The summed E-state index contributed by atoms with van der Waals surface area (Å²) in [5.74, 6) is 0.898. The van der Waals surface area contributed by atoms with Crippen molar-refractivity contribution in [2.75, 3.05) is 18.5 Å². The van der Waals surface area contributed by atoms with Crippen LogP contribution in [0.4, 0.5) is 5.82 Å². The molecule has 1 atom stereocenters. The Morgan fingerprint density at radius 2 is 2.16 bits per heavy atom. The Morgan fingerprint density at radius 3 is 2.97 bits per heavy atom. The molecule has 7 nitrogen and oxygen atoms in total. The fourth-order valence-electron chi connectivity index (χ4n) is 4.30. The number of carboxylic acids is 1. The normalized spacial score (nSPS) is 20.9. The fraction of sp³-hybridized carbons (Fsp3) is 0.542. The van der Waals surface area contributed by atoms with E-state index in [2.05, 4.69) is 27.8 Å². The molecule has 0 radical (unpaired) electrons. The van der Waals surface area contributed by atoms with Crippen molar-refractivity contribution < 1.29 is 14.6 Å². The van der Waals surface area contributed by atoms with Gasteiger partial charge in [-0.05, 0) is 74.6 Å². The summed E-state index contributed by atoms with van der Waals surface area (Å²) in [5.41, 5.74) is 3.34. The highest BCUT2D eigenvalue weighted by Crippen LogP contribution is 2.34. The van der Waals surface area contributed by atoms with Gasteiger partial charge < -0.3 is 15.2 Å². The van der Waals surface area contributed by atoms with E-state index in [9.17, 15) is 9.90 Å². The van der Waals surface area contributed by atoms with E-state index in [1.54, 1.807) is 6.20 Å². The molecule has 0 amide bonds. The molecule has 166 valence electrons. The van der Waals surface area contributed by atoms with Gasteiger partial charge in [-0.1, -0.05) is 12.1 Å². The monoisotopic (exact) mass is 424 g/mol. The molecule has 1 fully saturated rings. The number of aliphatic carboxylic acids is 1. The average molecular weight is 425 g/mol. The lowest BCUT2D eigenvalue weighted by Gasteiger charge is -2.35. The van der Waals surface area contributed by atoms with Gasteiger partial charge in [0.25, 0.3) is 0 Å². The molecule has 2 aromatic rings. The molecule has 0 saturated heterocycles. The van der Waals surface area contributed by atoms with Crippen LogP contribution in [0.5, 0.6) is 0 Å². The van der Waals surface area contributed by atoms with E-state index in [1.807, 2.05) is 18.2 Å². The first kappa shape index (κ1) is 21.7. The van der Waals surface area contributed by atoms with Gasteiger partial charge in [-0.15, -0.1) is 0 Å². The van der Waals surface area contributed by atoms with Crippen molar-refractivity contribution in [3.8, 4) is 0 Å². The predicted octanol–water partition coefficient (Wildman–Crippen LogP) is 3.20. The number of fused-ring (bicyclic) bond motifs is 1. The average Bonchev–Trinajstić information content (AvgIpc) is 2.77. The highest BCUT2D eigenvalue weighted by atomic mass is 16.5. The fourth-order valence-corrected chi connectivity index (χ4v) is 4.30. The van der Waals surface area contributed by atoms with Crippen LogP contribution in [0, 0.1) is 5.92 Å². The zero-order chi connectivity index (χ0) is 21.5. The number of aryl methyl sites for hydroxylation is 2. The Bertz CT molecular complexity index is 855. The van der Waals surface area contributed by atoms with Crippen LogP contribution in [-0.4, -0.2) is 46.3 Å². The minimum Gasteiger partial charge on any atom is -0.480 e. The van der Waals surface area contributed by atoms with Gasteiger partial charge in [-0.3, -0.25) is 15.1 Å². The van der Waals surface area contributed by atoms with Gasteiger partial charge in [0.15, 0.2) is 0 Å². The molecule has 2 aromatic heterocycles. The van der Waals surface area contributed by atoms with E-state index in [-0.39, 0.29) is 6.10 Å². The summed E-state index contributed by atoms with van der Waals surface area (Å²) < 4.78 is 5.92. The first-order chi connectivity index (χ1) is 15.2. The lowest BCUT2D eigenvalue weighted by Crippen LogP contribution is -2.38. The summed E-state index contributed by atoms with van der Waals surface area (Å²) in [5, 5.41) is 15.9. The Kier molecular flexibility index (Phi) is 7.48. The van der Waals surface area contributed by atoms with Gasteiger partial charge in [0.2, 0.25) is 0 Å². The van der Waals surface area contributed by atoms with Crippen molar-refractivity contribution >= 4 is 11.8 Å². The maximum Gasteiger partial charge on any atom is 0.320 e. The number of carbonyl (C=O) groups is 1. The lowest BCUT2D eigenvalue weighted by molar-refractivity contribution is -0.140. The third-order valence-electron chi connectivity index (χ3n) is 6.27. The van der Waals surface area contributed by atoms with Gasteiger partial charge in [0, 0.05) is 31.6 Å². The molecule has 3 heterocycles. The Hall–Kier alpha value is -2.51. The number of hydrogen-bond acceptors (Lipinski definition) is 6. The van der Waals surface area contributed by atoms with Crippen LogP contribution >= 0.6 is 0 Å². The zero-order valence-electron chi connectivity index (χ0n) is 17.9. The molecule has 1 saturated carbocycles. The number of rotatable bonds is 11. The number of hydrogen-bond donors (Lipinski definition) is 3. The van der Waals surface area contributed by atoms with Crippen LogP contribution in [0.1, 0.15) is 49.1 Å².